The second-order valence-electron chi connectivity index (χ2n) is 8.30. The number of carbonyl (C=O) groups excluding carboxylic acids is 2. The van der Waals surface area contributed by atoms with Crippen LogP contribution in [-0.2, 0) is 9.59 Å². The molecule has 2 heterocycles. The van der Waals surface area contributed by atoms with Gasteiger partial charge in [-0.2, -0.15) is 0 Å². The van der Waals surface area contributed by atoms with E-state index in [1.54, 1.807) is 18.2 Å². The number of nitrogens with zero attached hydrogens (tertiary/aromatic N) is 1. The van der Waals surface area contributed by atoms with Gasteiger partial charge in [0.2, 0.25) is 0 Å². The first-order valence-corrected chi connectivity index (χ1v) is 11.9. The van der Waals surface area contributed by atoms with E-state index in [-0.39, 0.29) is 11.3 Å². The van der Waals surface area contributed by atoms with Crippen molar-refractivity contribution in [3.8, 4) is 5.75 Å². The third-order valence-corrected chi connectivity index (χ3v) is 6.89. The molecule has 3 aromatic rings. The van der Waals surface area contributed by atoms with Crippen molar-refractivity contribution in [3.05, 3.63) is 86.6 Å². The Bertz CT molecular complexity index is 1240. The molecule has 0 bridgehead atoms. The zero-order valence-corrected chi connectivity index (χ0v) is 20.0. The molecule has 1 fully saturated rings. The number of ketones is 1. The molecule has 0 aliphatic carbocycles. The Hall–Kier alpha value is -3.38. The van der Waals surface area contributed by atoms with Crippen molar-refractivity contribution < 1.29 is 19.4 Å². The van der Waals surface area contributed by atoms with Crippen molar-refractivity contribution in [2.45, 2.75) is 40.2 Å². The third kappa shape index (κ3) is 4.18. The maximum atomic E-state index is 13.3. The van der Waals surface area contributed by atoms with E-state index in [2.05, 4.69) is 0 Å². The Morgan fingerprint density at radius 3 is 2.36 bits per heavy atom. The summed E-state index contributed by atoms with van der Waals surface area (Å²) < 4.78 is 5.74. The first kappa shape index (κ1) is 22.8. The van der Waals surface area contributed by atoms with E-state index in [9.17, 15) is 14.7 Å². The summed E-state index contributed by atoms with van der Waals surface area (Å²) in [6.07, 6.45) is 0.893. The zero-order valence-electron chi connectivity index (χ0n) is 19.2. The van der Waals surface area contributed by atoms with Crippen molar-refractivity contribution in [1.82, 2.24) is 0 Å². The van der Waals surface area contributed by atoms with E-state index in [0.29, 0.717) is 17.9 Å². The Morgan fingerprint density at radius 1 is 1.03 bits per heavy atom. The molecule has 2 aromatic carbocycles. The summed E-state index contributed by atoms with van der Waals surface area (Å²) >= 11 is 1.47. The molecule has 1 saturated heterocycles. The third-order valence-electron chi connectivity index (χ3n) is 5.82. The fourth-order valence-electron chi connectivity index (χ4n) is 4.04. The zero-order chi connectivity index (χ0) is 23.7. The summed E-state index contributed by atoms with van der Waals surface area (Å²) in [4.78, 5) is 28.8. The Balaban J connectivity index is 1.86. The lowest BCUT2D eigenvalue weighted by atomic mass is 9.97. The van der Waals surface area contributed by atoms with Gasteiger partial charge in [0.25, 0.3) is 11.7 Å². The highest BCUT2D eigenvalue weighted by molar-refractivity contribution is 7.10. The number of anilines is 1. The summed E-state index contributed by atoms with van der Waals surface area (Å²) in [5, 5.41) is 13.2. The molecule has 6 heteroatoms. The van der Waals surface area contributed by atoms with Crippen LogP contribution >= 0.6 is 11.3 Å². The average molecular weight is 462 g/mol. The normalized spacial score (nSPS) is 17.6. The van der Waals surface area contributed by atoms with E-state index in [1.165, 1.54) is 16.2 Å². The van der Waals surface area contributed by atoms with E-state index in [0.717, 1.165) is 33.7 Å². The van der Waals surface area contributed by atoms with Crippen LogP contribution in [0.25, 0.3) is 5.76 Å². The smallest absolute Gasteiger partial charge is 0.300 e. The van der Waals surface area contributed by atoms with Gasteiger partial charge in [-0.3, -0.25) is 14.5 Å². The minimum absolute atomic E-state index is 0.104. The lowest BCUT2D eigenvalue weighted by Gasteiger charge is -2.25. The number of Topliss-reactive ketones (excluding diaryl/α,β-unsaturated/α-hetero) is 1. The van der Waals surface area contributed by atoms with Crippen molar-refractivity contribution in [2.24, 2.45) is 0 Å². The van der Waals surface area contributed by atoms with Gasteiger partial charge in [0, 0.05) is 16.1 Å². The molecule has 0 saturated carbocycles. The van der Waals surface area contributed by atoms with Crippen LogP contribution in [0.2, 0.25) is 0 Å². The van der Waals surface area contributed by atoms with Gasteiger partial charge in [0.05, 0.1) is 12.2 Å². The summed E-state index contributed by atoms with van der Waals surface area (Å²) in [5.74, 6) is -0.766. The number of aryl methyl sites for hydroxylation is 3. The van der Waals surface area contributed by atoms with Gasteiger partial charge in [-0.15, -0.1) is 11.3 Å². The van der Waals surface area contributed by atoms with Crippen LogP contribution < -0.4 is 9.64 Å². The van der Waals surface area contributed by atoms with Crippen LogP contribution in [0.15, 0.2) is 59.5 Å². The number of amides is 1. The molecule has 0 radical (unpaired) electrons. The second-order valence-corrected chi connectivity index (χ2v) is 9.25. The minimum atomic E-state index is -0.691. The summed E-state index contributed by atoms with van der Waals surface area (Å²) in [6.45, 7) is 8.45. The quantitative estimate of drug-likeness (QED) is 0.274. The van der Waals surface area contributed by atoms with E-state index < -0.39 is 17.7 Å². The molecule has 0 spiro atoms. The summed E-state index contributed by atoms with van der Waals surface area (Å²) in [7, 11) is 0. The monoisotopic (exact) mass is 461 g/mol. The van der Waals surface area contributed by atoms with Gasteiger partial charge in [0.15, 0.2) is 0 Å². The number of aliphatic hydroxyl groups excluding tert-OH is 1. The molecule has 1 N–H and O–H groups in total. The predicted octanol–water partition coefficient (Wildman–Crippen LogP) is 6.09. The largest absolute Gasteiger partial charge is 0.507 e. The van der Waals surface area contributed by atoms with Crippen LogP contribution in [0.4, 0.5) is 5.69 Å². The summed E-state index contributed by atoms with van der Waals surface area (Å²) in [5.41, 5.74) is 4.09. The standard InChI is InChI=1S/C27H27NO4S/c1-5-13-32-21-11-8-19(15-18(21)4)24(29)22-23(26-17(3)12-14-33-26)28(27(31)25(22)30)20-9-6-16(2)7-10-20/h6-12,14-15,23,29H,5,13H2,1-4H3/b24-22-. The molecular formula is C27H27NO4S. The fraction of sp³-hybridized carbons (Fsp3) is 0.259. The van der Waals surface area contributed by atoms with Crippen molar-refractivity contribution in [3.63, 3.8) is 0 Å². The van der Waals surface area contributed by atoms with Crippen LogP contribution in [-0.4, -0.2) is 23.4 Å². The molecule has 1 aliphatic heterocycles. The van der Waals surface area contributed by atoms with Gasteiger partial charge in [-0.05, 0) is 80.1 Å². The van der Waals surface area contributed by atoms with Gasteiger partial charge in [-0.1, -0.05) is 24.6 Å². The van der Waals surface area contributed by atoms with Crippen molar-refractivity contribution >= 4 is 34.5 Å². The summed E-state index contributed by atoms with van der Waals surface area (Å²) in [6, 6.07) is 14.1. The molecule has 1 atom stereocenters. The maximum Gasteiger partial charge on any atom is 0.300 e. The first-order valence-electron chi connectivity index (χ1n) is 11.0. The van der Waals surface area contributed by atoms with Crippen LogP contribution in [0, 0.1) is 20.8 Å². The number of carbonyl (C=O) groups is 2. The Kier molecular flexibility index (Phi) is 6.38. The van der Waals surface area contributed by atoms with Gasteiger partial charge in [-0.25, -0.2) is 0 Å². The molecule has 1 aromatic heterocycles. The number of aliphatic hydroxyl groups is 1. The Morgan fingerprint density at radius 2 is 1.76 bits per heavy atom. The van der Waals surface area contributed by atoms with Crippen LogP contribution in [0.1, 0.15) is 46.5 Å². The average Bonchev–Trinajstić information content (AvgIpc) is 3.33. The SMILES string of the molecule is CCCOc1ccc(/C(O)=C2/C(=O)C(=O)N(c3ccc(C)cc3)C2c2sccc2C)cc1C. The first-order chi connectivity index (χ1) is 15.8. The number of hydrogen-bond donors (Lipinski definition) is 1. The molecule has 170 valence electrons. The van der Waals surface area contributed by atoms with Crippen LogP contribution in [0.3, 0.4) is 0 Å². The number of hydrogen-bond acceptors (Lipinski definition) is 5. The fourth-order valence-corrected chi connectivity index (χ4v) is 5.07. The number of rotatable bonds is 6. The van der Waals surface area contributed by atoms with Crippen molar-refractivity contribution in [1.29, 1.82) is 0 Å². The Labute approximate surface area is 197 Å². The van der Waals surface area contributed by atoms with Crippen molar-refractivity contribution in [2.75, 3.05) is 11.5 Å². The highest BCUT2D eigenvalue weighted by Crippen LogP contribution is 2.45. The minimum Gasteiger partial charge on any atom is -0.507 e. The maximum absolute atomic E-state index is 13.3. The van der Waals surface area contributed by atoms with Gasteiger partial charge in [0.1, 0.15) is 17.6 Å². The molecular weight excluding hydrogens is 434 g/mol. The molecule has 1 aliphatic rings. The number of thiophene rings is 1. The molecule has 33 heavy (non-hydrogen) atoms. The van der Waals surface area contributed by atoms with E-state index >= 15 is 0 Å². The lowest BCUT2D eigenvalue weighted by Crippen LogP contribution is -2.29. The van der Waals surface area contributed by atoms with E-state index in [4.69, 9.17) is 4.74 Å². The molecule has 1 amide bonds. The van der Waals surface area contributed by atoms with Crippen LogP contribution in [0.5, 0.6) is 5.75 Å². The second kappa shape index (κ2) is 9.24. The lowest BCUT2D eigenvalue weighted by molar-refractivity contribution is -0.132. The topological polar surface area (TPSA) is 66.8 Å². The number of benzene rings is 2. The predicted molar refractivity (Wildman–Crippen MR) is 132 cm³/mol. The van der Waals surface area contributed by atoms with E-state index in [1.807, 2.05) is 63.4 Å². The van der Waals surface area contributed by atoms with Gasteiger partial charge >= 0.3 is 0 Å². The highest BCUT2D eigenvalue weighted by atomic mass is 32.1. The molecule has 5 nitrogen and oxygen atoms in total. The molecule has 4 rings (SSSR count). The highest BCUT2D eigenvalue weighted by Gasteiger charge is 2.47. The molecule has 1 unspecified atom stereocenters. The number of ether oxygens (including phenoxy) is 1. The van der Waals surface area contributed by atoms with Gasteiger partial charge < -0.3 is 9.84 Å².